The molecule has 2 N–H and O–H groups in total. The minimum Gasteiger partial charge on any atom is -0.392 e. The van der Waals surface area contributed by atoms with Gasteiger partial charge in [-0.05, 0) is 43.4 Å². The lowest BCUT2D eigenvalue weighted by molar-refractivity contribution is -0.163. The number of aliphatic hydroxyl groups is 1. The van der Waals surface area contributed by atoms with E-state index in [2.05, 4.69) is 5.32 Å². The second-order valence-electron chi connectivity index (χ2n) is 8.77. The van der Waals surface area contributed by atoms with Crippen LogP contribution in [0.15, 0.2) is 54.6 Å². The molecule has 2 aromatic carbocycles. The molecule has 2 fully saturated rings. The van der Waals surface area contributed by atoms with Gasteiger partial charge in [-0.2, -0.15) is 0 Å². The van der Waals surface area contributed by atoms with Crippen molar-refractivity contribution < 1.29 is 24.2 Å². The summed E-state index contributed by atoms with van der Waals surface area (Å²) in [5.74, 6) is -1.63. The van der Waals surface area contributed by atoms with E-state index in [0.29, 0.717) is 13.1 Å². The minimum atomic E-state index is -1.03. The van der Waals surface area contributed by atoms with Gasteiger partial charge in [-0.15, -0.1) is 0 Å². The van der Waals surface area contributed by atoms with Crippen LogP contribution < -0.4 is 5.32 Å². The fraction of sp³-hybridized carbons (Fsp3) is 0.440. The molecule has 2 amide bonds. The molecule has 7 nitrogen and oxygen atoms in total. The summed E-state index contributed by atoms with van der Waals surface area (Å²) in [7, 11) is 0. The first kappa shape index (κ1) is 22.5. The zero-order valence-electron chi connectivity index (χ0n) is 18.5. The monoisotopic (exact) mass is 438 g/mol. The predicted molar refractivity (Wildman–Crippen MR) is 118 cm³/mol. The number of benzene rings is 2. The molecule has 2 aliphatic rings. The number of likely N-dealkylation sites (tertiary alicyclic amines) is 1. The van der Waals surface area contributed by atoms with Gasteiger partial charge in [-0.1, -0.05) is 54.6 Å². The number of carbonyl (C=O) groups is 2. The third-order valence-corrected chi connectivity index (χ3v) is 5.99. The number of nitrogens with one attached hydrogen (secondary N) is 1. The molecular formula is C25H30N2O5. The summed E-state index contributed by atoms with van der Waals surface area (Å²) in [5, 5.41) is 12.0. The Labute approximate surface area is 188 Å². The van der Waals surface area contributed by atoms with Crippen molar-refractivity contribution in [2.45, 2.75) is 63.9 Å². The molecule has 2 aliphatic heterocycles. The molecule has 32 heavy (non-hydrogen) atoms. The fourth-order valence-corrected chi connectivity index (χ4v) is 4.40. The molecule has 170 valence electrons. The number of carbonyl (C=O) groups excluding carboxylic acids is 2. The molecule has 0 radical (unpaired) electrons. The van der Waals surface area contributed by atoms with E-state index >= 15 is 0 Å². The van der Waals surface area contributed by atoms with Gasteiger partial charge in [0.1, 0.15) is 0 Å². The molecule has 2 aromatic rings. The van der Waals surface area contributed by atoms with Crippen LogP contribution in [0.2, 0.25) is 0 Å². The van der Waals surface area contributed by atoms with Crippen LogP contribution in [0.5, 0.6) is 0 Å². The maximum atomic E-state index is 13.5. The van der Waals surface area contributed by atoms with Crippen molar-refractivity contribution in [3.63, 3.8) is 0 Å². The Hall–Kier alpha value is -2.74. The lowest BCUT2D eigenvalue weighted by Gasteiger charge is -2.28. The van der Waals surface area contributed by atoms with Crippen molar-refractivity contribution >= 4 is 11.8 Å². The summed E-state index contributed by atoms with van der Waals surface area (Å²) in [6.45, 7) is 4.32. The lowest BCUT2D eigenvalue weighted by Crippen LogP contribution is -2.49. The SMILES string of the molecule is CC1(C)O[C@@H](C(=O)NCc2ccc(CO)cc2)[C@H](C(=O)N2CCC[C@@H]2c2ccccc2)O1. The van der Waals surface area contributed by atoms with Crippen LogP contribution in [0.25, 0.3) is 0 Å². The van der Waals surface area contributed by atoms with E-state index in [1.54, 1.807) is 13.8 Å². The van der Waals surface area contributed by atoms with Crippen LogP contribution in [0.3, 0.4) is 0 Å². The average Bonchev–Trinajstić information content (AvgIpc) is 3.42. The summed E-state index contributed by atoms with van der Waals surface area (Å²) in [4.78, 5) is 28.3. The second kappa shape index (κ2) is 9.40. The third-order valence-electron chi connectivity index (χ3n) is 5.99. The highest BCUT2D eigenvalue weighted by atomic mass is 16.8. The predicted octanol–water partition coefficient (Wildman–Crippen LogP) is 2.68. The summed E-state index contributed by atoms with van der Waals surface area (Å²) in [6.07, 6.45) is -0.228. The Balaban J connectivity index is 1.46. The molecule has 0 unspecified atom stereocenters. The Morgan fingerprint density at radius 3 is 2.38 bits per heavy atom. The van der Waals surface area contributed by atoms with Crippen molar-refractivity contribution in [1.82, 2.24) is 10.2 Å². The van der Waals surface area contributed by atoms with Gasteiger partial charge in [0.2, 0.25) is 0 Å². The summed E-state index contributed by atoms with van der Waals surface area (Å²) < 4.78 is 11.8. The van der Waals surface area contributed by atoms with Crippen molar-refractivity contribution in [3.05, 3.63) is 71.3 Å². The van der Waals surface area contributed by atoms with Crippen molar-refractivity contribution in [3.8, 4) is 0 Å². The second-order valence-corrected chi connectivity index (χ2v) is 8.77. The smallest absolute Gasteiger partial charge is 0.255 e. The van der Waals surface area contributed by atoms with Crippen LogP contribution in [-0.2, 0) is 32.2 Å². The average molecular weight is 439 g/mol. The molecular weight excluding hydrogens is 408 g/mol. The molecule has 2 heterocycles. The van der Waals surface area contributed by atoms with Gasteiger partial charge in [0, 0.05) is 13.1 Å². The number of aliphatic hydroxyl groups excluding tert-OH is 1. The highest BCUT2D eigenvalue weighted by Crippen LogP contribution is 2.36. The first-order valence-electron chi connectivity index (χ1n) is 11.1. The quantitative estimate of drug-likeness (QED) is 0.724. The molecule has 0 spiro atoms. The first-order chi connectivity index (χ1) is 15.4. The Morgan fingerprint density at radius 1 is 1.03 bits per heavy atom. The van der Waals surface area contributed by atoms with Crippen LogP contribution in [0, 0.1) is 0 Å². The van der Waals surface area contributed by atoms with Crippen LogP contribution >= 0.6 is 0 Å². The highest BCUT2D eigenvalue weighted by molar-refractivity contribution is 5.92. The van der Waals surface area contributed by atoms with Gasteiger partial charge in [0.25, 0.3) is 11.8 Å². The molecule has 7 heteroatoms. The molecule has 0 aromatic heterocycles. The summed E-state index contributed by atoms with van der Waals surface area (Å²) >= 11 is 0. The van der Waals surface area contributed by atoms with Gasteiger partial charge >= 0.3 is 0 Å². The van der Waals surface area contributed by atoms with E-state index in [1.165, 1.54) is 0 Å². The van der Waals surface area contributed by atoms with Gasteiger partial charge < -0.3 is 24.8 Å². The van der Waals surface area contributed by atoms with Gasteiger partial charge in [-0.25, -0.2) is 0 Å². The zero-order chi connectivity index (χ0) is 22.7. The van der Waals surface area contributed by atoms with E-state index in [1.807, 2.05) is 59.5 Å². The maximum Gasteiger partial charge on any atom is 0.255 e. The fourth-order valence-electron chi connectivity index (χ4n) is 4.40. The molecule has 0 saturated carbocycles. The van der Waals surface area contributed by atoms with Crippen LogP contribution in [0.4, 0.5) is 0 Å². The van der Waals surface area contributed by atoms with Crippen LogP contribution in [-0.4, -0.2) is 46.4 Å². The largest absolute Gasteiger partial charge is 0.392 e. The van der Waals surface area contributed by atoms with Crippen molar-refractivity contribution in [2.75, 3.05) is 6.54 Å². The van der Waals surface area contributed by atoms with Crippen molar-refractivity contribution in [1.29, 1.82) is 0 Å². The van der Waals surface area contributed by atoms with Crippen molar-refractivity contribution in [2.24, 2.45) is 0 Å². The number of amides is 2. The minimum absolute atomic E-state index is 0.0234. The Morgan fingerprint density at radius 2 is 1.69 bits per heavy atom. The summed E-state index contributed by atoms with van der Waals surface area (Å²) in [5.41, 5.74) is 2.78. The molecule has 3 atom stereocenters. The van der Waals surface area contributed by atoms with Gasteiger partial charge in [-0.3, -0.25) is 9.59 Å². The standard InChI is InChI=1S/C25H30N2O5/c1-25(2)31-21(23(29)26-15-17-10-12-18(16-28)13-11-17)22(32-25)24(30)27-14-6-9-20(27)19-7-4-3-5-8-19/h3-5,7-8,10-13,20-22,28H,6,9,14-16H2,1-2H3,(H,26,29)/t20-,21-,22-/m1/s1. The van der Waals surface area contributed by atoms with E-state index in [-0.39, 0.29) is 24.5 Å². The highest BCUT2D eigenvalue weighted by Gasteiger charge is 2.51. The first-order valence-corrected chi connectivity index (χ1v) is 11.1. The van der Waals surface area contributed by atoms with E-state index < -0.39 is 18.0 Å². The van der Waals surface area contributed by atoms with E-state index in [4.69, 9.17) is 14.6 Å². The Kier molecular flexibility index (Phi) is 6.60. The number of hydrogen-bond acceptors (Lipinski definition) is 5. The van der Waals surface area contributed by atoms with Gasteiger partial charge in [0.05, 0.1) is 12.6 Å². The Bertz CT molecular complexity index is 945. The zero-order valence-corrected chi connectivity index (χ0v) is 18.5. The molecule has 0 aliphatic carbocycles. The molecule has 2 saturated heterocycles. The third kappa shape index (κ3) is 4.85. The lowest BCUT2D eigenvalue weighted by atomic mass is 10.0. The van der Waals surface area contributed by atoms with E-state index in [9.17, 15) is 9.59 Å². The number of hydrogen-bond donors (Lipinski definition) is 2. The maximum absolute atomic E-state index is 13.5. The normalized spacial score (nSPS) is 24.5. The number of rotatable bonds is 6. The molecule has 4 rings (SSSR count). The number of nitrogens with zero attached hydrogens (tertiary/aromatic N) is 1. The molecule has 0 bridgehead atoms. The topological polar surface area (TPSA) is 88.1 Å². The van der Waals surface area contributed by atoms with Gasteiger partial charge in [0.15, 0.2) is 18.0 Å². The van der Waals surface area contributed by atoms with Crippen LogP contribution in [0.1, 0.15) is 49.4 Å². The summed E-state index contributed by atoms with van der Waals surface area (Å²) in [6, 6.07) is 17.2. The van der Waals surface area contributed by atoms with E-state index in [0.717, 1.165) is 29.5 Å². The number of ether oxygens (including phenoxy) is 2.